The first-order chi connectivity index (χ1) is 31.6. The molecule has 6 aromatic carbocycles. The van der Waals surface area contributed by atoms with E-state index in [0.717, 1.165) is 90.7 Å². The molecule has 0 saturated carbocycles. The molecule has 10 aromatic rings. The van der Waals surface area contributed by atoms with Crippen LogP contribution in [0, 0.1) is 12.1 Å². The Morgan fingerprint density at radius 3 is 2.27 bits per heavy atom. The van der Waals surface area contributed by atoms with Gasteiger partial charge >= 0.3 is 120 Å². The standard InChI is InChI=1S/C42H34N3O.C17H22GeN.Ir/c1-42(2,3)28-21-23-36(33(24-28)26-12-5-4-6-13-26)45-37-22-20-27-14-7-8-15-29(27)38(37)44-41(45)32-18-11-17-30-34-25-43-35-19-10-9-16-31(35)40(34)46-39(30)32;1-13(2)15-11-17(14-9-7-6-8-10-14)19-12-16(15)18(3,4)5;/h4-8,11-15,17,20-25H,9-10,16,19H2,1-3H3;6-9,11-13H,1-5H3;/q2*-1;/i;13D;. The van der Waals surface area contributed by atoms with E-state index in [9.17, 15) is 0 Å². The van der Waals surface area contributed by atoms with E-state index in [2.05, 4.69) is 157 Å². The number of hydrogen-bond donors (Lipinski definition) is 0. The third-order valence-electron chi connectivity index (χ3n) is 12.9. The van der Waals surface area contributed by atoms with Crippen molar-refractivity contribution >= 4 is 61.4 Å². The fourth-order valence-corrected chi connectivity index (χ4v) is 12.8. The smallest absolute Gasteiger partial charge is 0 e. The van der Waals surface area contributed by atoms with Crippen LogP contribution in [0.2, 0.25) is 17.3 Å². The average molecular weight is 1100 g/mol. The molecular weight excluding hydrogens is 1050 g/mol. The molecule has 0 N–H and O–H groups in total. The molecule has 0 atom stereocenters. The monoisotopic (exact) mass is 1100 g/mol. The van der Waals surface area contributed by atoms with E-state index in [1.165, 1.54) is 45.0 Å². The molecule has 1 aliphatic rings. The molecular formula is C59H56GeIrN4O-2. The first-order valence-electron chi connectivity index (χ1n) is 23.5. The molecule has 0 unspecified atom stereocenters. The first-order valence-corrected chi connectivity index (χ1v) is 30.3. The minimum atomic E-state index is -2.03. The molecule has 11 rings (SSSR count). The second-order valence-corrected chi connectivity index (χ2v) is 30.3. The van der Waals surface area contributed by atoms with Gasteiger partial charge in [-0.15, -0.1) is 18.2 Å². The molecule has 0 spiro atoms. The van der Waals surface area contributed by atoms with Gasteiger partial charge in [-0.3, -0.25) is 9.97 Å². The van der Waals surface area contributed by atoms with Crippen LogP contribution in [0.1, 0.15) is 77.1 Å². The predicted octanol–water partition coefficient (Wildman–Crippen LogP) is 15.0. The zero-order valence-electron chi connectivity index (χ0n) is 40.1. The summed E-state index contributed by atoms with van der Waals surface area (Å²) >= 11 is -2.03. The van der Waals surface area contributed by atoms with E-state index in [0.29, 0.717) is 0 Å². The molecule has 1 radical (unpaired) electrons. The summed E-state index contributed by atoms with van der Waals surface area (Å²) in [5.74, 6) is 7.26. The summed E-state index contributed by atoms with van der Waals surface area (Å²) in [4.78, 5) is 15.0. The summed E-state index contributed by atoms with van der Waals surface area (Å²) in [5, 5.41) is 4.42. The summed E-state index contributed by atoms with van der Waals surface area (Å²) in [6, 6.07) is 51.4. The van der Waals surface area contributed by atoms with Crippen molar-refractivity contribution in [2.75, 3.05) is 0 Å². The molecule has 0 amide bonds. The number of rotatable bonds is 6. The Labute approximate surface area is 406 Å². The average Bonchev–Trinajstić information content (AvgIpc) is 3.91. The summed E-state index contributed by atoms with van der Waals surface area (Å²) < 4.78 is 19.0. The minimum Gasteiger partial charge on any atom is 0 e. The van der Waals surface area contributed by atoms with E-state index < -0.39 is 19.2 Å². The molecule has 4 aromatic heterocycles. The number of furan rings is 1. The van der Waals surface area contributed by atoms with Crippen LogP contribution in [-0.4, -0.2) is 32.8 Å². The largest absolute Gasteiger partial charge is 0 e. The van der Waals surface area contributed by atoms with Gasteiger partial charge in [-0.2, -0.15) is 0 Å². The zero-order valence-corrected chi connectivity index (χ0v) is 43.6. The van der Waals surface area contributed by atoms with E-state index in [4.69, 9.17) is 15.8 Å². The number of aryl methyl sites for hydroxylation is 2. The molecule has 0 bridgehead atoms. The maximum atomic E-state index is 8.44. The molecule has 0 aliphatic heterocycles. The summed E-state index contributed by atoms with van der Waals surface area (Å²) in [6.45, 7) is 10.7. The fourth-order valence-electron chi connectivity index (χ4n) is 9.46. The quantitative estimate of drug-likeness (QED) is 0.123. The van der Waals surface area contributed by atoms with Crippen molar-refractivity contribution in [2.45, 2.75) is 88.9 Å². The van der Waals surface area contributed by atoms with Crippen molar-refractivity contribution in [2.24, 2.45) is 0 Å². The molecule has 5 nitrogen and oxygen atoms in total. The Hall–Kier alpha value is -5.66. The number of fused-ring (bicyclic) bond motifs is 8. The summed E-state index contributed by atoms with van der Waals surface area (Å²) in [5.41, 5.74) is 14.8. The number of aromatic nitrogens is 4. The van der Waals surface area contributed by atoms with Crippen LogP contribution in [0.25, 0.3) is 83.2 Å². The first kappa shape index (κ1) is 44.2. The fraction of sp³-hybridized carbons (Fsp3) is 0.237. The van der Waals surface area contributed by atoms with Crippen LogP contribution in [0.3, 0.4) is 0 Å². The SMILES string of the molecule is CC(C)(C)c1ccc(-n2c(-c3[c-]ccc4c3oc3c5c(ncc34)CCCC5)nc3c4ccccc4ccc32)c(-c2ccccc2)c1.[2H]C(C)(C)c1cc(-c2[c-]cccc2)nc[c]1[Ge]([CH3])([CH3])[CH3].[Ir]. The van der Waals surface area contributed by atoms with Crippen molar-refractivity contribution < 1.29 is 25.9 Å². The van der Waals surface area contributed by atoms with Crippen LogP contribution in [0.5, 0.6) is 0 Å². The molecule has 0 saturated heterocycles. The van der Waals surface area contributed by atoms with Gasteiger partial charge in [-0.25, -0.2) is 0 Å². The van der Waals surface area contributed by atoms with E-state index in [-0.39, 0.29) is 25.5 Å². The molecule has 1 aliphatic carbocycles. The van der Waals surface area contributed by atoms with Gasteiger partial charge in [0.15, 0.2) is 0 Å². The maximum absolute atomic E-state index is 8.44. The van der Waals surface area contributed by atoms with Crippen LogP contribution in [-0.2, 0) is 38.4 Å². The van der Waals surface area contributed by atoms with Gasteiger partial charge in [0.1, 0.15) is 5.58 Å². The third-order valence-corrected chi connectivity index (χ3v) is 17.2. The number of hydrogen-bond acceptors (Lipinski definition) is 4. The number of imidazole rings is 1. The van der Waals surface area contributed by atoms with E-state index in [1.807, 2.05) is 56.6 Å². The van der Waals surface area contributed by atoms with Crippen LogP contribution in [0.15, 0.2) is 144 Å². The second-order valence-electron chi connectivity index (χ2n) is 19.7. The van der Waals surface area contributed by atoms with Crippen molar-refractivity contribution in [3.05, 3.63) is 174 Å². The van der Waals surface area contributed by atoms with E-state index in [1.54, 1.807) is 0 Å². The molecule has 333 valence electrons. The normalized spacial score (nSPS) is 13.3. The number of nitrogens with zero attached hydrogens (tertiary/aromatic N) is 4. The van der Waals surface area contributed by atoms with Gasteiger partial charge in [0.2, 0.25) is 0 Å². The van der Waals surface area contributed by atoms with Crippen molar-refractivity contribution in [1.82, 2.24) is 19.5 Å². The second kappa shape index (κ2) is 18.2. The number of benzene rings is 6. The zero-order chi connectivity index (χ0) is 46.0. The van der Waals surface area contributed by atoms with Crippen molar-refractivity contribution in [1.29, 1.82) is 0 Å². The van der Waals surface area contributed by atoms with Gasteiger partial charge < -0.3 is 8.98 Å². The van der Waals surface area contributed by atoms with E-state index >= 15 is 0 Å². The third kappa shape index (κ3) is 8.49. The van der Waals surface area contributed by atoms with Crippen LogP contribution < -0.4 is 4.40 Å². The number of pyridine rings is 2. The Morgan fingerprint density at radius 2 is 1.52 bits per heavy atom. The molecule has 0 fully saturated rings. The summed E-state index contributed by atoms with van der Waals surface area (Å²) in [6.07, 6.45) is 8.37. The van der Waals surface area contributed by atoms with Crippen molar-refractivity contribution in [3.63, 3.8) is 0 Å². The predicted molar refractivity (Wildman–Crippen MR) is 274 cm³/mol. The Balaban J connectivity index is 0.000000226. The Bertz CT molecular complexity index is 3430. The van der Waals surface area contributed by atoms with Gasteiger partial charge in [-0.05, 0) is 65.8 Å². The molecule has 66 heavy (non-hydrogen) atoms. The molecule has 4 heterocycles. The minimum absolute atomic E-state index is 0. The topological polar surface area (TPSA) is 56.7 Å². The Kier molecular flexibility index (Phi) is 12.2. The van der Waals surface area contributed by atoms with Crippen LogP contribution in [0.4, 0.5) is 0 Å². The van der Waals surface area contributed by atoms with Gasteiger partial charge in [-0.1, -0.05) is 98.5 Å². The Morgan fingerprint density at radius 1 is 0.742 bits per heavy atom. The summed E-state index contributed by atoms with van der Waals surface area (Å²) in [7, 11) is 0. The van der Waals surface area contributed by atoms with Gasteiger partial charge in [0, 0.05) is 59.6 Å². The maximum Gasteiger partial charge on any atom is 0 e. The van der Waals surface area contributed by atoms with Crippen LogP contribution >= 0.6 is 0 Å². The van der Waals surface area contributed by atoms with Gasteiger partial charge in [0.25, 0.3) is 0 Å². The molecule has 7 heteroatoms. The van der Waals surface area contributed by atoms with Gasteiger partial charge in [0.05, 0.1) is 22.4 Å². The van der Waals surface area contributed by atoms with Crippen molar-refractivity contribution in [3.8, 4) is 39.5 Å².